The first-order valence-electron chi connectivity index (χ1n) is 5.44. The van der Waals surface area contributed by atoms with E-state index in [0.29, 0.717) is 18.9 Å². The number of aromatic nitrogens is 2. The fraction of sp³-hybridized carbons (Fsp3) is 0.500. The van der Waals surface area contributed by atoms with Crippen LogP contribution < -0.4 is 21.5 Å². The van der Waals surface area contributed by atoms with Gasteiger partial charge < -0.3 is 20.9 Å². The van der Waals surface area contributed by atoms with Gasteiger partial charge in [-0.2, -0.15) is 0 Å². The zero-order valence-electron chi connectivity index (χ0n) is 9.99. The fourth-order valence-electron chi connectivity index (χ4n) is 1.42. The lowest BCUT2D eigenvalue weighted by Gasteiger charge is -2.21. The van der Waals surface area contributed by atoms with Gasteiger partial charge >= 0.3 is 0 Å². The number of hydrogen-bond acceptors (Lipinski definition) is 5. The molecule has 4 N–H and O–H groups in total. The molecule has 0 saturated carbocycles. The molecule has 1 aromatic heterocycles. The summed E-state index contributed by atoms with van der Waals surface area (Å²) in [6, 6.07) is 0. The zero-order valence-corrected chi connectivity index (χ0v) is 9.99. The van der Waals surface area contributed by atoms with Crippen LogP contribution in [0.4, 0.5) is 11.5 Å². The van der Waals surface area contributed by atoms with Crippen LogP contribution >= 0.6 is 0 Å². The minimum atomic E-state index is -0.399. The number of hydrogen-bond donors (Lipinski definition) is 3. The van der Waals surface area contributed by atoms with Gasteiger partial charge in [-0.3, -0.25) is 9.59 Å². The molecule has 0 atom stereocenters. The van der Waals surface area contributed by atoms with Crippen LogP contribution in [0.3, 0.4) is 0 Å². The average molecular weight is 239 g/mol. The van der Waals surface area contributed by atoms with E-state index in [1.165, 1.54) is 6.33 Å². The molecule has 0 bridgehead atoms. The Hall–Kier alpha value is -2.05. The summed E-state index contributed by atoms with van der Waals surface area (Å²) in [6.07, 6.45) is 1.27. The molecule has 1 amide bonds. The number of likely N-dealkylation sites (N-methyl/N-ethyl adjacent to an activating group) is 2. The predicted octanol–water partition coefficient (Wildman–Crippen LogP) is -0.685. The Kier molecular flexibility index (Phi) is 4.50. The molecule has 0 aliphatic heterocycles. The maximum atomic E-state index is 11.5. The number of aromatic amines is 1. The number of nitrogen functional groups attached to an aromatic ring is 1. The summed E-state index contributed by atoms with van der Waals surface area (Å²) in [4.78, 5) is 30.8. The summed E-state index contributed by atoms with van der Waals surface area (Å²) < 4.78 is 0. The van der Waals surface area contributed by atoms with Crippen LogP contribution in [-0.4, -0.2) is 35.5 Å². The highest BCUT2D eigenvalue weighted by molar-refractivity contribution is 5.82. The predicted molar refractivity (Wildman–Crippen MR) is 65.8 cm³/mol. The normalized spacial score (nSPS) is 10.0. The van der Waals surface area contributed by atoms with E-state index in [9.17, 15) is 9.59 Å². The van der Waals surface area contributed by atoms with Gasteiger partial charge in [0.25, 0.3) is 5.56 Å². The van der Waals surface area contributed by atoms with Crippen molar-refractivity contribution in [3.8, 4) is 0 Å². The van der Waals surface area contributed by atoms with Crippen molar-refractivity contribution in [1.29, 1.82) is 0 Å². The lowest BCUT2D eigenvalue weighted by Crippen LogP contribution is -2.38. The highest BCUT2D eigenvalue weighted by Crippen LogP contribution is 2.13. The first kappa shape index (κ1) is 13.0. The van der Waals surface area contributed by atoms with E-state index in [1.807, 2.05) is 13.8 Å². The molecule has 0 unspecified atom stereocenters. The summed E-state index contributed by atoms with van der Waals surface area (Å²) in [5.41, 5.74) is 5.26. The van der Waals surface area contributed by atoms with Crippen LogP contribution in [0.2, 0.25) is 0 Å². The molecule has 0 aromatic carbocycles. The second-order valence-electron chi connectivity index (χ2n) is 3.44. The molecule has 0 aliphatic carbocycles. The van der Waals surface area contributed by atoms with Gasteiger partial charge in [-0.15, -0.1) is 0 Å². The highest BCUT2D eigenvalue weighted by Gasteiger charge is 2.14. The van der Waals surface area contributed by atoms with E-state index < -0.39 is 5.56 Å². The van der Waals surface area contributed by atoms with Crippen LogP contribution in [-0.2, 0) is 4.79 Å². The van der Waals surface area contributed by atoms with Gasteiger partial charge in [-0.05, 0) is 13.8 Å². The van der Waals surface area contributed by atoms with Gasteiger partial charge in [0.15, 0.2) is 5.82 Å². The van der Waals surface area contributed by atoms with Crippen molar-refractivity contribution in [3.63, 3.8) is 0 Å². The van der Waals surface area contributed by atoms with Crippen molar-refractivity contribution in [2.45, 2.75) is 13.8 Å². The average Bonchev–Trinajstić information content (AvgIpc) is 2.30. The number of nitrogens with zero attached hydrogens (tertiary/aromatic N) is 2. The minimum Gasteiger partial charge on any atom is -0.391 e. The summed E-state index contributed by atoms with van der Waals surface area (Å²) in [5.74, 6) is 0.207. The Bertz CT molecular complexity index is 443. The van der Waals surface area contributed by atoms with Crippen LogP contribution in [0.15, 0.2) is 11.1 Å². The van der Waals surface area contributed by atoms with Crippen LogP contribution in [0, 0.1) is 0 Å². The van der Waals surface area contributed by atoms with Gasteiger partial charge in [0, 0.05) is 13.1 Å². The molecule has 1 heterocycles. The van der Waals surface area contributed by atoms with Crippen molar-refractivity contribution in [2.24, 2.45) is 0 Å². The fourth-order valence-corrected chi connectivity index (χ4v) is 1.42. The first-order valence-corrected chi connectivity index (χ1v) is 5.44. The van der Waals surface area contributed by atoms with E-state index in [2.05, 4.69) is 15.3 Å². The third kappa shape index (κ3) is 3.20. The Labute approximate surface area is 99.0 Å². The monoisotopic (exact) mass is 239 g/mol. The molecule has 0 fully saturated rings. The number of amides is 1. The second kappa shape index (κ2) is 5.88. The SMILES string of the molecule is CCNC(=O)CN(CC)c1nc[nH]c(=O)c1N. The van der Waals surface area contributed by atoms with E-state index in [4.69, 9.17) is 5.73 Å². The molecule has 0 spiro atoms. The molecule has 7 heteroatoms. The summed E-state index contributed by atoms with van der Waals surface area (Å²) in [7, 11) is 0. The maximum Gasteiger partial charge on any atom is 0.276 e. The van der Waals surface area contributed by atoms with Gasteiger partial charge in [0.1, 0.15) is 5.69 Å². The smallest absolute Gasteiger partial charge is 0.276 e. The Morgan fingerprint density at radius 2 is 2.29 bits per heavy atom. The molecule has 0 aliphatic rings. The van der Waals surface area contributed by atoms with Crippen LogP contribution in [0.1, 0.15) is 13.8 Å². The van der Waals surface area contributed by atoms with Crippen molar-refractivity contribution in [2.75, 3.05) is 30.3 Å². The maximum absolute atomic E-state index is 11.5. The Morgan fingerprint density at radius 1 is 1.59 bits per heavy atom. The standard InChI is InChI=1S/C10H17N5O2/c1-3-12-7(16)5-15(4-2)9-8(11)10(17)14-6-13-9/h6H,3-5,11H2,1-2H3,(H,12,16)(H,13,14,17). The molecule has 17 heavy (non-hydrogen) atoms. The number of H-pyrrole nitrogens is 1. The topological polar surface area (TPSA) is 104 Å². The van der Waals surface area contributed by atoms with Gasteiger partial charge in [-0.1, -0.05) is 0 Å². The van der Waals surface area contributed by atoms with Gasteiger partial charge in [0.05, 0.1) is 12.9 Å². The van der Waals surface area contributed by atoms with Crippen LogP contribution in [0.5, 0.6) is 0 Å². The van der Waals surface area contributed by atoms with Gasteiger partial charge in [0.2, 0.25) is 5.91 Å². The van der Waals surface area contributed by atoms with Crippen molar-refractivity contribution < 1.29 is 4.79 Å². The summed E-state index contributed by atoms with van der Waals surface area (Å²) in [6.45, 7) is 4.94. The van der Waals surface area contributed by atoms with E-state index >= 15 is 0 Å². The molecule has 94 valence electrons. The highest BCUT2D eigenvalue weighted by atomic mass is 16.2. The van der Waals surface area contributed by atoms with Crippen LogP contribution in [0.25, 0.3) is 0 Å². The molecular weight excluding hydrogens is 222 g/mol. The molecule has 1 rings (SSSR count). The molecule has 0 radical (unpaired) electrons. The number of carbonyl (C=O) groups excluding carboxylic acids is 1. The van der Waals surface area contributed by atoms with E-state index in [1.54, 1.807) is 4.90 Å². The van der Waals surface area contributed by atoms with Crippen molar-refractivity contribution >= 4 is 17.4 Å². The molecular formula is C10H17N5O2. The van der Waals surface area contributed by atoms with E-state index in [0.717, 1.165) is 0 Å². The lowest BCUT2D eigenvalue weighted by molar-refractivity contribution is -0.119. The third-order valence-corrected chi connectivity index (χ3v) is 2.26. The number of carbonyl (C=O) groups is 1. The summed E-state index contributed by atoms with van der Waals surface area (Å²) >= 11 is 0. The Balaban J connectivity index is 2.90. The second-order valence-corrected chi connectivity index (χ2v) is 3.44. The number of rotatable bonds is 5. The third-order valence-electron chi connectivity index (χ3n) is 2.26. The minimum absolute atomic E-state index is 0.0265. The number of anilines is 2. The lowest BCUT2D eigenvalue weighted by atomic mass is 10.4. The molecule has 7 nitrogen and oxygen atoms in total. The largest absolute Gasteiger partial charge is 0.391 e. The zero-order chi connectivity index (χ0) is 12.8. The van der Waals surface area contributed by atoms with Crippen molar-refractivity contribution in [3.05, 3.63) is 16.7 Å². The molecule has 1 aromatic rings. The molecule has 0 saturated heterocycles. The Morgan fingerprint density at radius 3 is 2.88 bits per heavy atom. The summed E-state index contributed by atoms with van der Waals surface area (Å²) in [5, 5.41) is 2.68. The first-order chi connectivity index (χ1) is 8.10. The van der Waals surface area contributed by atoms with E-state index in [-0.39, 0.29) is 18.1 Å². The number of nitrogens with one attached hydrogen (secondary N) is 2. The number of nitrogens with two attached hydrogens (primary N) is 1. The van der Waals surface area contributed by atoms with Crippen molar-refractivity contribution in [1.82, 2.24) is 15.3 Å². The van der Waals surface area contributed by atoms with Gasteiger partial charge in [-0.25, -0.2) is 4.98 Å². The quantitative estimate of drug-likeness (QED) is 0.631.